The number of nitrogens with one attached hydrogen (secondary N) is 1. The maximum absolute atomic E-state index is 11.8. The molecule has 2 aromatic heterocycles. The third-order valence-corrected chi connectivity index (χ3v) is 2.48. The van der Waals surface area contributed by atoms with Crippen LogP contribution in [0.2, 0.25) is 0 Å². The Morgan fingerprint density at radius 2 is 1.94 bits per heavy atom. The Balaban J connectivity index is 2.40. The lowest BCUT2D eigenvalue weighted by Crippen LogP contribution is -2.02. The molecule has 0 atom stereocenters. The van der Waals surface area contributed by atoms with Gasteiger partial charge in [-0.25, -0.2) is 9.50 Å². The van der Waals surface area contributed by atoms with E-state index < -0.39 is 0 Å². The van der Waals surface area contributed by atoms with Gasteiger partial charge in [-0.1, -0.05) is 30.3 Å². The van der Waals surface area contributed by atoms with Crippen molar-refractivity contribution in [2.24, 2.45) is 0 Å². The van der Waals surface area contributed by atoms with Gasteiger partial charge < -0.3 is 0 Å². The van der Waals surface area contributed by atoms with Crippen LogP contribution in [0.25, 0.3) is 16.8 Å². The van der Waals surface area contributed by atoms with Crippen LogP contribution in [0.5, 0.6) is 0 Å². The van der Waals surface area contributed by atoms with Gasteiger partial charge in [-0.05, 0) is 11.6 Å². The second kappa shape index (κ2) is 3.34. The molecule has 0 unspecified atom stereocenters. The van der Waals surface area contributed by atoms with Crippen molar-refractivity contribution in [1.29, 1.82) is 0 Å². The zero-order valence-corrected chi connectivity index (χ0v) is 8.42. The molecule has 0 aliphatic rings. The average Bonchev–Trinajstić information content (AvgIpc) is 2.66. The SMILES string of the molecule is O=c1[nH]n2cccnc2c1-c1ccccc1. The van der Waals surface area contributed by atoms with Crippen molar-refractivity contribution in [2.75, 3.05) is 0 Å². The van der Waals surface area contributed by atoms with Crippen LogP contribution < -0.4 is 5.56 Å². The van der Waals surface area contributed by atoms with E-state index in [1.54, 1.807) is 23.0 Å². The van der Waals surface area contributed by atoms with Gasteiger partial charge >= 0.3 is 0 Å². The molecule has 16 heavy (non-hydrogen) atoms. The van der Waals surface area contributed by atoms with E-state index >= 15 is 0 Å². The zero-order valence-electron chi connectivity index (χ0n) is 8.42. The lowest BCUT2D eigenvalue weighted by atomic mass is 10.1. The molecule has 4 heteroatoms. The summed E-state index contributed by atoms with van der Waals surface area (Å²) in [6, 6.07) is 11.3. The van der Waals surface area contributed by atoms with E-state index in [0.717, 1.165) is 5.56 Å². The maximum atomic E-state index is 11.8. The molecule has 0 fully saturated rings. The summed E-state index contributed by atoms with van der Waals surface area (Å²) >= 11 is 0. The van der Waals surface area contributed by atoms with Crippen molar-refractivity contribution < 1.29 is 0 Å². The number of fused-ring (bicyclic) bond motifs is 1. The number of hydrogen-bond acceptors (Lipinski definition) is 2. The van der Waals surface area contributed by atoms with Crippen LogP contribution in [0.4, 0.5) is 0 Å². The number of hydrogen-bond donors (Lipinski definition) is 1. The van der Waals surface area contributed by atoms with Crippen LogP contribution in [0.15, 0.2) is 53.6 Å². The van der Waals surface area contributed by atoms with Crippen LogP contribution in [0.3, 0.4) is 0 Å². The highest BCUT2D eigenvalue weighted by Gasteiger charge is 2.10. The highest BCUT2D eigenvalue weighted by Crippen LogP contribution is 2.18. The first-order valence-electron chi connectivity index (χ1n) is 4.97. The largest absolute Gasteiger partial charge is 0.274 e. The van der Waals surface area contributed by atoms with Gasteiger partial charge in [0.2, 0.25) is 0 Å². The van der Waals surface area contributed by atoms with E-state index in [9.17, 15) is 4.79 Å². The number of H-pyrrole nitrogens is 1. The average molecular weight is 211 g/mol. The predicted molar refractivity (Wildman–Crippen MR) is 61.2 cm³/mol. The van der Waals surface area contributed by atoms with Gasteiger partial charge in [-0.15, -0.1) is 0 Å². The summed E-state index contributed by atoms with van der Waals surface area (Å²) in [5.41, 5.74) is 2.02. The Labute approximate surface area is 91.2 Å². The van der Waals surface area contributed by atoms with E-state index in [2.05, 4.69) is 10.1 Å². The van der Waals surface area contributed by atoms with Crippen LogP contribution in [-0.2, 0) is 0 Å². The number of benzene rings is 1. The Morgan fingerprint density at radius 3 is 2.75 bits per heavy atom. The summed E-state index contributed by atoms with van der Waals surface area (Å²) in [6.07, 6.45) is 3.45. The van der Waals surface area contributed by atoms with E-state index in [1.165, 1.54) is 0 Å². The summed E-state index contributed by atoms with van der Waals surface area (Å²) in [4.78, 5) is 16.0. The molecule has 0 amide bonds. The van der Waals surface area contributed by atoms with Gasteiger partial charge in [0.25, 0.3) is 5.56 Å². The topological polar surface area (TPSA) is 50.2 Å². The van der Waals surface area contributed by atoms with Crippen molar-refractivity contribution in [3.63, 3.8) is 0 Å². The Kier molecular flexibility index (Phi) is 1.86. The molecule has 1 N–H and O–H groups in total. The number of aromatic nitrogens is 3. The third-order valence-electron chi connectivity index (χ3n) is 2.48. The molecule has 3 aromatic rings. The molecule has 0 aliphatic heterocycles. The normalized spacial score (nSPS) is 10.8. The summed E-state index contributed by atoms with van der Waals surface area (Å²) in [5.74, 6) is 0. The molecule has 4 nitrogen and oxygen atoms in total. The minimum atomic E-state index is -0.120. The number of rotatable bonds is 1. The molecule has 0 bridgehead atoms. The quantitative estimate of drug-likeness (QED) is 0.665. The fourth-order valence-corrected chi connectivity index (χ4v) is 1.78. The molecular weight excluding hydrogens is 202 g/mol. The van der Waals surface area contributed by atoms with Crippen LogP contribution in [-0.4, -0.2) is 14.6 Å². The monoisotopic (exact) mass is 211 g/mol. The smallest absolute Gasteiger partial charge is 0.267 e. The van der Waals surface area contributed by atoms with Crippen molar-refractivity contribution >= 4 is 5.65 Å². The fourth-order valence-electron chi connectivity index (χ4n) is 1.78. The van der Waals surface area contributed by atoms with Gasteiger partial charge in [0.15, 0.2) is 5.65 Å². The third kappa shape index (κ3) is 1.24. The van der Waals surface area contributed by atoms with Crippen LogP contribution >= 0.6 is 0 Å². The standard InChI is InChI=1S/C12H9N3O/c16-12-10(9-5-2-1-3-6-9)11-13-7-4-8-15(11)14-12/h1-8H,(H,14,16). The summed E-state index contributed by atoms with van der Waals surface area (Å²) in [7, 11) is 0. The van der Waals surface area contributed by atoms with E-state index in [0.29, 0.717) is 11.2 Å². The fraction of sp³-hybridized carbons (Fsp3) is 0. The van der Waals surface area contributed by atoms with Crippen molar-refractivity contribution in [3.8, 4) is 11.1 Å². The minimum absolute atomic E-state index is 0.120. The van der Waals surface area contributed by atoms with Gasteiger partial charge in [0, 0.05) is 12.4 Å². The summed E-state index contributed by atoms with van der Waals surface area (Å²) < 4.78 is 1.63. The molecule has 3 rings (SSSR count). The van der Waals surface area contributed by atoms with Gasteiger partial charge in [0.05, 0.1) is 5.56 Å². The molecule has 1 aromatic carbocycles. The van der Waals surface area contributed by atoms with Crippen molar-refractivity contribution in [1.82, 2.24) is 14.6 Å². The summed E-state index contributed by atoms with van der Waals surface area (Å²) in [6.45, 7) is 0. The number of aromatic amines is 1. The first kappa shape index (κ1) is 8.91. The molecular formula is C12H9N3O. The second-order valence-corrected chi connectivity index (χ2v) is 3.50. The van der Waals surface area contributed by atoms with E-state index in [1.807, 2.05) is 30.3 Å². The molecule has 0 spiro atoms. The highest BCUT2D eigenvalue weighted by atomic mass is 16.1. The molecule has 78 valence electrons. The lowest BCUT2D eigenvalue weighted by Gasteiger charge is -1.96. The Hall–Kier alpha value is -2.36. The minimum Gasteiger partial charge on any atom is -0.267 e. The Morgan fingerprint density at radius 1 is 1.12 bits per heavy atom. The van der Waals surface area contributed by atoms with Crippen molar-refractivity contribution in [3.05, 3.63) is 59.1 Å². The van der Waals surface area contributed by atoms with Crippen LogP contribution in [0, 0.1) is 0 Å². The van der Waals surface area contributed by atoms with E-state index in [-0.39, 0.29) is 5.56 Å². The van der Waals surface area contributed by atoms with Crippen molar-refractivity contribution in [2.45, 2.75) is 0 Å². The Bertz CT molecular complexity index is 682. The molecule has 2 heterocycles. The predicted octanol–water partition coefficient (Wildman–Crippen LogP) is 1.69. The molecule has 0 aliphatic carbocycles. The molecule has 0 saturated carbocycles. The summed E-state index contributed by atoms with van der Waals surface area (Å²) in [5, 5.41) is 2.72. The van der Waals surface area contributed by atoms with Gasteiger partial charge in [-0.3, -0.25) is 9.89 Å². The first-order valence-corrected chi connectivity index (χ1v) is 4.97. The second-order valence-electron chi connectivity index (χ2n) is 3.50. The lowest BCUT2D eigenvalue weighted by molar-refractivity contribution is 0.920. The molecule has 0 saturated heterocycles. The van der Waals surface area contributed by atoms with Gasteiger partial charge in [0.1, 0.15) is 0 Å². The van der Waals surface area contributed by atoms with E-state index in [4.69, 9.17) is 0 Å². The first-order chi connectivity index (χ1) is 7.86. The zero-order chi connectivity index (χ0) is 11.0. The van der Waals surface area contributed by atoms with Gasteiger partial charge in [-0.2, -0.15) is 0 Å². The number of nitrogens with zero attached hydrogens (tertiary/aromatic N) is 2. The molecule has 0 radical (unpaired) electrons. The highest BCUT2D eigenvalue weighted by molar-refractivity contribution is 5.76. The van der Waals surface area contributed by atoms with Crippen LogP contribution in [0.1, 0.15) is 0 Å². The maximum Gasteiger partial charge on any atom is 0.274 e.